The molecule has 0 spiro atoms. The van der Waals surface area contributed by atoms with Gasteiger partial charge in [0.1, 0.15) is 17.2 Å². The highest BCUT2D eigenvalue weighted by Crippen LogP contribution is 2.44. The minimum absolute atomic E-state index is 0.00190. The van der Waals surface area contributed by atoms with Crippen LogP contribution in [0.2, 0.25) is 0 Å². The number of hydrogen-bond acceptors (Lipinski definition) is 1. The molecule has 17 heavy (non-hydrogen) atoms. The van der Waals surface area contributed by atoms with Gasteiger partial charge in [0, 0.05) is 16.2 Å². The van der Waals surface area contributed by atoms with E-state index in [-0.39, 0.29) is 16.6 Å². The molecule has 1 aliphatic carbocycles. The zero-order valence-electron chi connectivity index (χ0n) is 9.67. The normalized spacial score (nSPS) is 29.0. The van der Waals surface area contributed by atoms with Crippen LogP contribution in [0.15, 0.2) is 28.7 Å². The summed E-state index contributed by atoms with van der Waals surface area (Å²) in [6, 6.07) is 6.58. The smallest absolute Gasteiger partial charge is 0.134 e. The van der Waals surface area contributed by atoms with Gasteiger partial charge in [0.05, 0.1) is 0 Å². The Labute approximate surface area is 105 Å². The quantitative estimate of drug-likeness (QED) is 0.675. The van der Waals surface area contributed by atoms with E-state index in [2.05, 4.69) is 6.92 Å². The molecule has 1 aromatic heterocycles. The van der Waals surface area contributed by atoms with Gasteiger partial charge in [-0.15, -0.1) is 11.6 Å². The molecule has 1 saturated carbocycles. The fraction of sp³-hybridized carbons (Fsp3) is 0.429. The summed E-state index contributed by atoms with van der Waals surface area (Å²) in [4.78, 5) is 0. The van der Waals surface area contributed by atoms with Gasteiger partial charge in [-0.25, -0.2) is 4.39 Å². The summed E-state index contributed by atoms with van der Waals surface area (Å²) in [5.74, 6) is 0.706. The molecule has 0 bridgehead atoms. The summed E-state index contributed by atoms with van der Waals surface area (Å²) in [6.07, 6.45) is 2.98. The van der Waals surface area contributed by atoms with Gasteiger partial charge in [0.2, 0.25) is 0 Å². The number of hydrogen-bond donors (Lipinski definition) is 0. The maximum atomic E-state index is 13.1. The van der Waals surface area contributed by atoms with Crippen LogP contribution in [0.1, 0.15) is 31.9 Å². The van der Waals surface area contributed by atoms with Crippen LogP contribution in [0.25, 0.3) is 11.0 Å². The standard InChI is InChI=1S/C14H14ClFO/c1-14(5-4-10(15)8-14)13-7-9-6-11(16)2-3-12(9)17-13/h2-3,6-7,10H,4-5,8H2,1H3. The number of alkyl halides is 1. The first-order valence-corrected chi connectivity index (χ1v) is 6.34. The Balaban J connectivity index is 2.06. The summed E-state index contributed by atoms with van der Waals surface area (Å²) in [5, 5.41) is 1.06. The van der Waals surface area contributed by atoms with Crippen molar-refractivity contribution in [3.05, 3.63) is 35.8 Å². The number of furan rings is 1. The highest BCUT2D eigenvalue weighted by Gasteiger charge is 2.38. The SMILES string of the molecule is CC1(c2cc3cc(F)ccc3o2)CCC(Cl)C1. The monoisotopic (exact) mass is 252 g/mol. The number of fused-ring (bicyclic) bond motifs is 1. The third kappa shape index (κ3) is 1.85. The molecule has 1 nitrogen and oxygen atoms in total. The lowest BCUT2D eigenvalue weighted by molar-refractivity contribution is 0.381. The predicted octanol–water partition coefficient (Wildman–Crippen LogP) is 4.62. The molecule has 3 rings (SSSR count). The molecule has 0 saturated heterocycles. The second-order valence-corrected chi connectivity index (χ2v) is 5.81. The van der Waals surface area contributed by atoms with Gasteiger partial charge in [-0.3, -0.25) is 0 Å². The van der Waals surface area contributed by atoms with E-state index in [0.29, 0.717) is 0 Å². The van der Waals surface area contributed by atoms with E-state index in [0.717, 1.165) is 36.0 Å². The molecule has 0 N–H and O–H groups in total. The molecule has 0 aliphatic heterocycles. The molecule has 1 aliphatic rings. The van der Waals surface area contributed by atoms with Crippen molar-refractivity contribution in [3.8, 4) is 0 Å². The van der Waals surface area contributed by atoms with Crippen molar-refractivity contribution in [2.24, 2.45) is 0 Å². The third-order valence-electron chi connectivity index (χ3n) is 3.75. The second kappa shape index (κ2) is 3.74. The van der Waals surface area contributed by atoms with Crippen molar-refractivity contribution in [2.75, 3.05) is 0 Å². The first-order valence-electron chi connectivity index (χ1n) is 5.90. The van der Waals surface area contributed by atoms with Crippen LogP contribution in [0, 0.1) is 5.82 Å². The van der Waals surface area contributed by atoms with Gasteiger partial charge in [-0.1, -0.05) is 6.92 Å². The molecule has 1 fully saturated rings. The Morgan fingerprint density at radius 3 is 2.94 bits per heavy atom. The Kier molecular flexibility index (Phi) is 2.44. The lowest BCUT2D eigenvalue weighted by Gasteiger charge is -2.20. The number of halogens is 2. The molecule has 1 aromatic carbocycles. The van der Waals surface area contributed by atoms with Crippen molar-refractivity contribution in [2.45, 2.75) is 37.0 Å². The van der Waals surface area contributed by atoms with Gasteiger partial charge < -0.3 is 4.42 Å². The van der Waals surface area contributed by atoms with Crippen LogP contribution in [0.4, 0.5) is 4.39 Å². The molecule has 0 amide bonds. The first-order chi connectivity index (χ1) is 8.07. The second-order valence-electron chi connectivity index (χ2n) is 5.19. The summed E-state index contributed by atoms with van der Waals surface area (Å²) >= 11 is 6.17. The van der Waals surface area contributed by atoms with Crippen LogP contribution < -0.4 is 0 Å². The summed E-state index contributed by atoms with van der Waals surface area (Å²) < 4.78 is 19.0. The Morgan fingerprint density at radius 1 is 1.41 bits per heavy atom. The van der Waals surface area contributed by atoms with E-state index < -0.39 is 0 Å². The van der Waals surface area contributed by atoms with E-state index in [9.17, 15) is 4.39 Å². The van der Waals surface area contributed by atoms with E-state index in [1.165, 1.54) is 12.1 Å². The van der Waals surface area contributed by atoms with Crippen molar-refractivity contribution in [1.82, 2.24) is 0 Å². The van der Waals surface area contributed by atoms with Crippen molar-refractivity contribution in [3.63, 3.8) is 0 Å². The third-order valence-corrected chi connectivity index (χ3v) is 4.13. The Hall–Kier alpha value is -1.02. The highest BCUT2D eigenvalue weighted by molar-refractivity contribution is 6.20. The lowest BCUT2D eigenvalue weighted by Crippen LogP contribution is -2.16. The number of benzene rings is 1. The molecule has 3 heteroatoms. The molecule has 0 radical (unpaired) electrons. The Morgan fingerprint density at radius 2 is 2.24 bits per heavy atom. The minimum Gasteiger partial charge on any atom is -0.460 e. The van der Waals surface area contributed by atoms with Crippen LogP contribution in [0.3, 0.4) is 0 Å². The lowest BCUT2D eigenvalue weighted by atomic mass is 9.86. The van der Waals surface area contributed by atoms with Crippen LogP contribution >= 0.6 is 11.6 Å². The summed E-state index contributed by atoms with van der Waals surface area (Å²) in [5.41, 5.74) is 0.752. The largest absolute Gasteiger partial charge is 0.460 e. The average Bonchev–Trinajstić information content (AvgIpc) is 2.83. The number of rotatable bonds is 1. The van der Waals surface area contributed by atoms with Crippen molar-refractivity contribution >= 4 is 22.6 Å². The fourth-order valence-corrected chi connectivity index (χ4v) is 3.15. The zero-order valence-corrected chi connectivity index (χ0v) is 10.4. The van der Waals surface area contributed by atoms with Gasteiger partial charge in [0.15, 0.2) is 0 Å². The maximum absolute atomic E-state index is 13.1. The zero-order chi connectivity index (χ0) is 12.0. The average molecular weight is 253 g/mol. The fourth-order valence-electron chi connectivity index (χ4n) is 2.70. The molecule has 2 aromatic rings. The van der Waals surface area contributed by atoms with Gasteiger partial charge in [-0.2, -0.15) is 0 Å². The highest BCUT2D eigenvalue weighted by atomic mass is 35.5. The summed E-state index contributed by atoms with van der Waals surface area (Å²) in [7, 11) is 0. The van der Waals surface area contributed by atoms with Crippen LogP contribution in [0.5, 0.6) is 0 Å². The molecule has 1 heterocycles. The molecular formula is C14H14ClFO. The van der Waals surface area contributed by atoms with E-state index in [1.54, 1.807) is 6.07 Å². The van der Waals surface area contributed by atoms with Gasteiger partial charge in [-0.05, 0) is 43.5 Å². The minimum atomic E-state index is -0.225. The van der Waals surface area contributed by atoms with Crippen LogP contribution in [-0.4, -0.2) is 5.38 Å². The molecule has 2 unspecified atom stereocenters. The van der Waals surface area contributed by atoms with E-state index in [1.807, 2.05) is 6.07 Å². The van der Waals surface area contributed by atoms with Gasteiger partial charge in [0.25, 0.3) is 0 Å². The maximum Gasteiger partial charge on any atom is 0.134 e. The van der Waals surface area contributed by atoms with Gasteiger partial charge >= 0.3 is 0 Å². The topological polar surface area (TPSA) is 13.1 Å². The van der Waals surface area contributed by atoms with Crippen molar-refractivity contribution in [1.29, 1.82) is 0 Å². The predicted molar refractivity (Wildman–Crippen MR) is 67.0 cm³/mol. The molecule has 2 atom stereocenters. The summed E-state index contributed by atoms with van der Waals surface area (Å²) in [6.45, 7) is 2.17. The van der Waals surface area contributed by atoms with Crippen LogP contribution in [-0.2, 0) is 5.41 Å². The molecule has 90 valence electrons. The first kappa shape index (κ1) is 11.1. The van der Waals surface area contributed by atoms with E-state index >= 15 is 0 Å². The molecular weight excluding hydrogens is 239 g/mol. The Bertz CT molecular complexity index is 562. The van der Waals surface area contributed by atoms with Crippen molar-refractivity contribution < 1.29 is 8.81 Å². The van der Waals surface area contributed by atoms with E-state index in [4.69, 9.17) is 16.0 Å².